The molecule has 0 saturated carbocycles. The van der Waals surface area contributed by atoms with Gasteiger partial charge in [-0.2, -0.15) is 10.2 Å². The van der Waals surface area contributed by atoms with Gasteiger partial charge in [0.15, 0.2) is 11.6 Å². The highest BCUT2D eigenvalue weighted by Gasteiger charge is 2.34. The summed E-state index contributed by atoms with van der Waals surface area (Å²) in [6, 6.07) is 15.6. The number of imidazole rings is 2. The molecule has 360 valence electrons. The van der Waals surface area contributed by atoms with Gasteiger partial charge < -0.3 is 33.8 Å². The van der Waals surface area contributed by atoms with Gasteiger partial charge in [-0.25, -0.2) is 44.3 Å². The number of hydrogen-bond donors (Lipinski definition) is 2. The van der Waals surface area contributed by atoms with Crippen molar-refractivity contribution in [2.75, 3.05) is 27.3 Å². The summed E-state index contributed by atoms with van der Waals surface area (Å²) < 4.78 is 17.9. The minimum atomic E-state index is -0.640. The third kappa shape index (κ3) is 7.86. The lowest BCUT2D eigenvalue weighted by Crippen LogP contribution is -2.40. The molecule has 11 heterocycles. The number of nitrogens with zero attached hydrogens (tertiary/aromatic N) is 15. The quantitative estimate of drug-likeness (QED) is 0.144. The Labute approximate surface area is 408 Å². The normalized spacial score (nSPS) is 13.1. The second-order valence-corrected chi connectivity index (χ2v) is 16.8. The fourth-order valence-corrected chi connectivity index (χ4v) is 9.11. The zero-order valence-corrected chi connectivity index (χ0v) is 39.2. The Hall–Kier alpha value is -9.67. The molecular formula is C49H43N17O6. The standard InChI is InChI=1S/C25H22N8O3.C24H21N9O3/c1-15-28-14-33(30-15)24-22-21(20(36-2)11-27-24)17(10-26-22)23(34)25(35)31-9-8-19-18(12-31)29-13-32(19)16-6-4-3-5-7-16;1-14-28-13-33(30-14)23-21-20(18(36-2)10-27-23)15(9-26-21)22(34)24(35)31-8-6-17-16(11-31)29-12-32(17)19-5-3-4-7-25-19/h3-7,10-11,13-14,26H,8-9,12H2,1-2H3;3-5,7,9-10,12-13,26H,6,8,11H2,1-2H3. The summed E-state index contributed by atoms with van der Waals surface area (Å²) in [5.41, 5.74) is 6.05. The van der Waals surface area contributed by atoms with E-state index in [4.69, 9.17) is 9.47 Å². The van der Waals surface area contributed by atoms with Gasteiger partial charge in [0.05, 0.1) is 96.0 Å². The number of para-hydroxylation sites is 1. The number of carbonyl (C=O) groups excluding carboxylic acids is 4. The number of ether oxygens (including phenoxy) is 2. The van der Waals surface area contributed by atoms with E-state index in [0.717, 1.165) is 34.3 Å². The van der Waals surface area contributed by atoms with Crippen LogP contribution in [-0.4, -0.2) is 134 Å². The summed E-state index contributed by atoms with van der Waals surface area (Å²) in [4.78, 5) is 93.2. The number of pyridine rings is 3. The lowest BCUT2D eigenvalue weighted by atomic mass is 10.1. The van der Waals surface area contributed by atoms with E-state index in [2.05, 4.69) is 55.1 Å². The number of Topliss-reactive ketones (excluding diaryl/α,β-unsaturated/α-hetero) is 2. The number of amides is 2. The van der Waals surface area contributed by atoms with Crippen molar-refractivity contribution in [3.63, 3.8) is 0 Å². The molecule has 0 spiro atoms. The zero-order valence-electron chi connectivity index (χ0n) is 39.2. The number of carbonyl (C=O) groups is 4. The van der Waals surface area contributed by atoms with Crippen LogP contribution >= 0.6 is 0 Å². The molecule has 1 aromatic carbocycles. The fraction of sp³-hybridized carbons (Fsp3) is 0.204. The third-order valence-electron chi connectivity index (χ3n) is 12.6. The maximum Gasteiger partial charge on any atom is 0.295 e. The first kappa shape index (κ1) is 44.8. The monoisotopic (exact) mass is 965 g/mol. The van der Waals surface area contributed by atoms with Crippen molar-refractivity contribution in [3.8, 4) is 34.6 Å². The van der Waals surface area contributed by atoms with Crippen LogP contribution in [0.4, 0.5) is 0 Å². The lowest BCUT2D eigenvalue weighted by Gasteiger charge is -2.26. The molecule has 0 aliphatic carbocycles. The molecule has 23 heteroatoms. The number of methoxy groups -OCH3 is 2. The first-order valence-corrected chi connectivity index (χ1v) is 22.7. The molecule has 0 bridgehead atoms. The molecule has 2 aliphatic heterocycles. The van der Waals surface area contributed by atoms with Crippen molar-refractivity contribution in [3.05, 3.63) is 150 Å². The van der Waals surface area contributed by atoms with Crippen LogP contribution in [0.25, 0.3) is 44.9 Å². The van der Waals surface area contributed by atoms with Crippen LogP contribution in [0.3, 0.4) is 0 Å². The van der Waals surface area contributed by atoms with E-state index >= 15 is 0 Å². The zero-order chi connectivity index (χ0) is 49.6. The highest BCUT2D eigenvalue weighted by molar-refractivity contribution is 6.46. The lowest BCUT2D eigenvalue weighted by molar-refractivity contribution is -0.128. The Balaban J connectivity index is 0.000000156. The number of nitrogens with one attached hydrogen (secondary N) is 2. The Morgan fingerprint density at radius 2 is 1.07 bits per heavy atom. The number of aromatic nitrogens is 15. The molecule has 0 radical (unpaired) electrons. The van der Waals surface area contributed by atoms with Crippen LogP contribution in [0.5, 0.6) is 11.5 Å². The van der Waals surface area contributed by atoms with Crippen LogP contribution < -0.4 is 9.47 Å². The van der Waals surface area contributed by atoms with Crippen molar-refractivity contribution >= 4 is 45.2 Å². The van der Waals surface area contributed by atoms with Crippen molar-refractivity contribution in [1.29, 1.82) is 0 Å². The predicted molar refractivity (Wildman–Crippen MR) is 256 cm³/mol. The number of benzene rings is 1. The molecule has 23 nitrogen and oxygen atoms in total. The molecule has 2 amide bonds. The van der Waals surface area contributed by atoms with Gasteiger partial charge in [-0.3, -0.25) is 23.7 Å². The van der Waals surface area contributed by atoms with Crippen LogP contribution in [0.15, 0.2) is 105 Å². The first-order valence-electron chi connectivity index (χ1n) is 22.7. The van der Waals surface area contributed by atoms with E-state index in [1.165, 1.54) is 65.9 Å². The molecule has 2 N–H and O–H groups in total. The number of rotatable bonds is 10. The second-order valence-electron chi connectivity index (χ2n) is 16.8. The largest absolute Gasteiger partial charge is 0.494 e. The van der Waals surface area contributed by atoms with Gasteiger partial charge in [0.25, 0.3) is 23.4 Å². The highest BCUT2D eigenvalue weighted by Crippen LogP contribution is 2.34. The van der Waals surface area contributed by atoms with Crippen molar-refractivity contribution in [2.24, 2.45) is 0 Å². The van der Waals surface area contributed by atoms with Crippen molar-refractivity contribution in [1.82, 2.24) is 83.4 Å². The third-order valence-corrected chi connectivity index (χ3v) is 12.6. The fourth-order valence-electron chi connectivity index (χ4n) is 9.11. The summed E-state index contributed by atoms with van der Waals surface area (Å²) >= 11 is 0. The molecule has 12 rings (SSSR count). The van der Waals surface area contributed by atoms with Gasteiger partial charge in [-0.15, -0.1) is 0 Å². The highest BCUT2D eigenvalue weighted by atomic mass is 16.5. The number of fused-ring (bicyclic) bond motifs is 4. The SMILES string of the molecule is COc1cnc(-n2cnc(C)n2)c2[nH]cc(C(=O)C(=O)N3CCc4c(ncn4-c4ccccc4)C3)c12.COc1cnc(-n2cnc(C)n2)c2[nH]cc(C(=O)C(=O)N3CCc4c(ncn4-c4ccccn4)C3)c12. The number of aromatic amines is 2. The Bertz CT molecular complexity index is 3470. The van der Waals surface area contributed by atoms with Crippen LogP contribution in [0.1, 0.15) is 55.1 Å². The first-order chi connectivity index (χ1) is 35.1. The molecule has 2 aliphatic rings. The molecular weight excluding hydrogens is 923 g/mol. The van der Waals surface area contributed by atoms with Crippen LogP contribution in [-0.2, 0) is 35.5 Å². The van der Waals surface area contributed by atoms with Gasteiger partial charge in [0, 0.05) is 55.9 Å². The molecule has 0 atom stereocenters. The Morgan fingerprint density at radius 3 is 1.54 bits per heavy atom. The molecule has 9 aromatic heterocycles. The maximum atomic E-state index is 13.4. The second kappa shape index (κ2) is 18.3. The number of H-pyrrole nitrogens is 2. The number of ketones is 2. The van der Waals surface area contributed by atoms with E-state index < -0.39 is 23.4 Å². The maximum absolute atomic E-state index is 13.4. The van der Waals surface area contributed by atoms with E-state index in [9.17, 15) is 19.2 Å². The van der Waals surface area contributed by atoms with Crippen LogP contribution in [0, 0.1) is 13.8 Å². The molecule has 0 unspecified atom stereocenters. The minimum Gasteiger partial charge on any atom is -0.494 e. The minimum absolute atomic E-state index is 0.206. The summed E-state index contributed by atoms with van der Waals surface area (Å²) in [6.07, 6.45) is 15.4. The molecule has 10 aromatic rings. The van der Waals surface area contributed by atoms with Gasteiger partial charge in [0.1, 0.15) is 47.9 Å². The Kier molecular flexibility index (Phi) is 11.4. The summed E-state index contributed by atoms with van der Waals surface area (Å²) in [5, 5.41) is 9.55. The average Bonchev–Trinajstić information content (AvgIpc) is 4.30. The van der Waals surface area contributed by atoms with E-state index in [1.807, 2.05) is 57.7 Å². The van der Waals surface area contributed by atoms with Crippen molar-refractivity contribution < 1.29 is 28.7 Å². The van der Waals surface area contributed by atoms with Gasteiger partial charge in [-0.1, -0.05) is 24.3 Å². The van der Waals surface area contributed by atoms with Gasteiger partial charge in [-0.05, 0) is 38.1 Å². The summed E-state index contributed by atoms with van der Waals surface area (Å²) in [5.74, 6) is 1.11. The summed E-state index contributed by atoms with van der Waals surface area (Å²) in [6.45, 7) is 4.85. The number of hydrogen-bond acceptors (Lipinski definition) is 15. The summed E-state index contributed by atoms with van der Waals surface area (Å²) in [7, 11) is 2.98. The molecule has 0 fully saturated rings. The molecule has 72 heavy (non-hydrogen) atoms. The number of aryl methyl sites for hydroxylation is 2. The van der Waals surface area contributed by atoms with Crippen molar-refractivity contribution in [2.45, 2.75) is 39.8 Å². The van der Waals surface area contributed by atoms with E-state index in [-0.39, 0.29) is 24.2 Å². The van der Waals surface area contributed by atoms with Gasteiger partial charge >= 0.3 is 0 Å². The van der Waals surface area contributed by atoms with E-state index in [0.29, 0.717) is 82.5 Å². The van der Waals surface area contributed by atoms with Gasteiger partial charge in [0.2, 0.25) is 0 Å². The average molecular weight is 966 g/mol. The van der Waals surface area contributed by atoms with Crippen LogP contribution in [0.2, 0.25) is 0 Å². The Morgan fingerprint density at radius 1 is 0.569 bits per heavy atom. The topological polar surface area (TPSA) is 261 Å². The molecule has 0 saturated heterocycles. The predicted octanol–water partition coefficient (Wildman–Crippen LogP) is 4.22. The smallest absolute Gasteiger partial charge is 0.295 e. The van der Waals surface area contributed by atoms with E-state index in [1.54, 1.807) is 37.6 Å².